The Balaban J connectivity index is 2.37. The summed E-state index contributed by atoms with van der Waals surface area (Å²) < 4.78 is 0. The van der Waals surface area contributed by atoms with Gasteiger partial charge in [0.15, 0.2) is 0 Å². The Bertz CT molecular complexity index is 510. The van der Waals surface area contributed by atoms with E-state index in [0.29, 0.717) is 12.5 Å². The zero-order chi connectivity index (χ0) is 12.3. The molecule has 0 fully saturated rings. The Morgan fingerprint density at radius 2 is 2.00 bits per heavy atom. The van der Waals surface area contributed by atoms with Crippen molar-refractivity contribution in [2.75, 3.05) is 11.9 Å². The van der Waals surface area contributed by atoms with Gasteiger partial charge in [0.05, 0.1) is 5.69 Å². The van der Waals surface area contributed by atoms with Gasteiger partial charge >= 0.3 is 0 Å². The molecule has 0 amide bonds. The Hall–Kier alpha value is -1.94. The lowest BCUT2D eigenvalue weighted by atomic mass is 10.2. The highest BCUT2D eigenvalue weighted by Gasteiger charge is 2.09. The van der Waals surface area contributed by atoms with E-state index < -0.39 is 0 Å². The molecule has 0 atom stereocenters. The van der Waals surface area contributed by atoms with E-state index in [0.717, 1.165) is 11.4 Å². The number of para-hydroxylation sites is 1. The minimum atomic E-state index is 0.428. The summed E-state index contributed by atoms with van der Waals surface area (Å²) in [5.74, 6) is 0.669. The lowest BCUT2D eigenvalue weighted by Crippen LogP contribution is -2.15. The van der Waals surface area contributed by atoms with E-state index in [9.17, 15) is 0 Å². The average molecular weight is 228 g/mol. The minimum absolute atomic E-state index is 0.428. The van der Waals surface area contributed by atoms with E-state index in [1.54, 1.807) is 6.20 Å². The van der Waals surface area contributed by atoms with Gasteiger partial charge < -0.3 is 10.6 Å². The minimum Gasteiger partial charge on any atom is -0.325 e. The van der Waals surface area contributed by atoms with E-state index in [1.807, 2.05) is 36.2 Å². The number of hydrogen-bond acceptors (Lipinski definition) is 4. The third-order valence-corrected chi connectivity index (χ3v) is 2.69. The van der Waals surface area contributed by atoms with Gasteiger partial charge in [-0.2, -0.15) is 0 Å². The summed E-state index contributed by atoms with van der Waals surface area (Å²) >= 11 is 0. The maximum Gasteiger partial charge on any atom is 0.229 e. The molecule has 4 nitrogen and oxygen atoms in total. The first-order chi connectivity index (χ1) is 8.22. The molecule has 0 aliphatic carbocycles. The number of nitrogens with zero attached hydrogens (tertiary/aromatic N) is 3. The van der Waals surface area contributed by atoms with Crippen molar-refractivity contribution in [1.82, 2.24) is 9.97 Å². The lowest BCUT2D eigenvalue weighted by Gasteiger charge is -2.19. The van der Waals surface area contributed by atoms with Crippen LogP contribution in [0.25, 0.3) is 0 Å². The summed E-state index contributed by atoms with van der Waals surface area (Å²) in [6.07, 6.45) is 1.74. The summed E-state index contributed by atoms with van der Waals surface area (Å²) in [7, 11) is 1.96. The molecular formula is C13H16N4. The topological polar surface area (TPSA) is 55.0 Å². The first kappa shape index (κ1) is 11.5. The van der Waals surface area contributed by atoms with E-state index in [1.165, 1.54) is 5.56 Å². The standard InChI is InChI=1S/C13H16N4/c1-10-5-3-4-6-12(10)17(2)13-15-8-7-11(9-14)16-13/h3-8H,9,14H2,1-2H3. The van der Waals surface area contributed by atoms with Crippen molar-refractivity contribution in [1.29, 1.82) is 0 Å². The van der Waals surface area contributed by atoms with E-state index in [-0.39, 0.29) is 0 Å². The largest absolute Gasteiger partial charge is 0.325 e. The van der Waals surface area contributed by atoms with Crippen molar-refractivity contribution in [3.63, 3.8) is 0 Å². The second kappa shape index (κ2) is 4.93. The van der Waals surface area contributed by atoms with Gasteiger partial charge in [0.2, 0.25) is 5.95 Å². The molecule has 2 rings (SSSR count). The Morgan fingerprint density at radius 3 is 2.71 bits per heavy atom. The number of hydrogen-bond donors (Lipinski definition) is 1. The molecule has 4 heteroatoms. The van der Waals surface area contributed by atoms with Crippen LogP contribution in [0.3, 0.4) is 0 Å². The second-order valence-electron chi connectivity index (χ2n) is 3.90. The van der Waals surface area contributed by atoms with Crippen LogP contribution in [0.2, 0.25) is 0 Å². The third kappa shape index (κ3) is 2.42. The number of benzene rings is 1. The van der Waals surface area contributed by atoms with Crippen LogP contribution in [0, 0.1) is 6.92 Å². The van der Waals surface area contributed by atoms with Crippen molar-refractivity contribution in [3.05, 3.63) is 47.8 Å². The van der Waals surface area contributed by atoms with Gasteiger partial charge in [-0.3, -0.25) is 0 Å². The van der Waals surface area contributed by atoms with Crippen LogP contribution in [0.4, 0.5) is 11.6 Å². The fourth-order valence-electron chi connectivity index (χ4n) is 1.71. The van der Waals surface area contributed by atoms with Crippen molar-refractivity contribution >= 4 is 11.6 Å². The molecule has 2 aromatic rings. The third-order valence-electron chi connectivity index (χ3n) is 2.69. The Morgan fingerprint density at radius 1 is 1.24 bits per heavy atom. The number of anilines is 2. The van der Waals surface area contributed by atoms with Crippen LogP contribution in [-0.2, 0) is 6.54 Å². The van der Waals surface area contributed by atoms with Crippen molar-refractivity contribution in [2.24, 2.45) is 5.73 Å². The predicted octanol–water partition coefficient (Wildman–Crippen LogP) is 2.01. The highest BCUT2D eigenvalue weighted by Crippen LogP contribution is 2.23. The second-order valence-corrected chi connectivity index (χ2v) is 3.90. The molecule has 0 saturated carbocycles. The molecule has 0 radical (unpaired) electrons. The fraction of sp³-hybridized carbons (Fsp3) is 0.231. The quantitative estimate of drug-likeness (QED) is 0.873. The first-order valence-electron chi connectivity index (χ1n) is 5.53. The normalized spacial score (nSPS) is 10.3. The molecule has 1 aromatic carbocycles. The molecule has 0 saturated heterocycles. The lowest BCUT2D eigenvalue weighted by molar-refractivity contribution is 0.937. The molecule has 0 aliphatic heterocycles. The van der Waals surface area contributed by atoms with E-state index >= 15 is 0 Å². The monoisotopic (exact) mass is 228 g/mol. The number of aromatic nitrogens is 2. The molecule has 1 heterocycles. The first-order valence-corrected chi connectivity index (χ1v) is 5.53. The summed E-state index contributed by atoms with van der Waals surface area (Å²) in [4.78, 5) is 10.6. The smallest absolute Gasteiger partial charge is 0.229 e. The van der Waals surface area contributed by atoms with Crippen LogP contribution in [0.15, 0.2) is 36.5 Å². The molecule has 1 aromatic heterocycles. The van der Waals surface area contributed by atoms with E-state index in [4.69, 9.17) is 5.73 Å². The van der Waals surface area contributed by atoms with Gasteiger partial charge in [-0.05, 0) is 24.6 Å². The molecule has 17 heavy (non-hydrogen) atoms. The average Bonchev–Trinajstić information content (AvgIpc) is 2.38. The predicted molar refractivity (Wildman–Crippen MR) is 69.2 cm³/mol. The van der Waals surface area contributed by atoms with Crippen LogP contribution in [-0.4, -0.2) is 17.0 Å². The van der Waals surface area contributed by atoms with Gasteiger partial charge in [-0.25, -0.2) is 9.97 Å². The molecular weight excluding hydrogens is 212 g/mol. The summed E-state index contributed by atoms with van der Waals surface area (Å²) in [5.41, 5.74) is 8.71. The van der Waals surface area contributed by atoms with Crippen molar-refractivity contribution < 1.29 is 0 Å². The maximum atomic E-state index is 5.58. The summed E-state index contributed by atoms with van der Waals surface area (Å²) in [6.45, 7) is 2.50. The fourth-order valence-corrected chi connectivity index (χ4v) is 1.71. The SMILES string of the molecule is Cc1ccccc1N(C)c1nccc(CN)n1. The maximum absolute atomic E-state index is 5.58. The van der Waals surface area contributed by atoms with Crippen LogP contribution in [0.5, 0.6) is 0 Å². The van der Waals surface area contributed by atoms with Crippen LogP contribution in [0.1, 0.15) is 11.3 Å². The number of aryl methyl sites for hydroxylation is 1. The van der Waals surface area contributed by atoms with Gasteiger partial charge in [0.1, 0.15) is 0 Å². The molecule has 0 unspecified atom stereocenters. The molecule has 88 valence electrons. The van der Waals surface area contributed by atoms with Crippen molar-refractivity contribution in [2.45, 2.75) is 13.5 Å². The van der Waals surface area contributed by atoms with Crippen molar-refractivity contribution in [3.8, 4) is 0 Å². The zero-order valence-corrected chi connectivity index (χ0v) is 10.1. The highest BCUT2D eigenvalue weighted by atomic mass is 15.2. The number of nitrogens with two attached hydrogens (primary N) is 1. The molecule has 2 N–H and O–H groups in total. The molecule has 0 bridgehead atoms. The van der Waals surface area contributed by atoms with Gasteiger partial charge in [-0.15, -0.1) is 0 Å². The number of rotatable bonds is 3. The van der Waals surface area contributed by atoms with Gasteiger partial charge in [0, 0.05) is 25.5 Å². The summed E-state index contributed by atoms with van der Waals surface area (Å²) in [6, 6.07) is 9.97. The Labute approximate surface area is 101 Å². The zero-order valence-electron chi connectivity index (χ0n) is 10.1. The van der Waals surface area contributed by atoms with E-state index in [2.05, 4.69) is 23.0 Å². The van der Waals surface area contributed by atoms with Gasteiger partial charge in [0.25, 0.3) is 0 Å². The van der Waals surface area contributed by atoms with Crippen LogP contribution < -0.4 is 10.6 Å². The molecule has 0 spiro atoms. The van der Waals surface area contributed by atoms with Crippen LogP contribution >= 0.6 is 0 Å². The Kier molecular flexibility index (Phi) is 3.35. The highest BCUT2D eigenvalue weighted by molar-refractivity contribution is 5.60. The van der Waals surface area contributed by atoms with Gasteiger partial charge in [-0.1, -0.05) is 18.2 Å². The summed E-state index contributed by atoms with van der Waals surface area (Å²) in [5, 5.41) is 0. The molecule has 0 aliphatic rings.